The summed E-state index contributed by atoms with van der Waals surface area (Å²) in [6.45, 7) is 1.76. The van der Waals surface area contributed by atoms with E-state index in [4.69, 9.17) is 4.74 Å². The van der Waals surface area contributed by atoms with Crippen molar-refractivity contribution in [2.45, 2.75) is 75.0 Å². The van der Waals surface area contributed by atoms with Gasteiger partial charge in [0, 0.05) is 24.4 Å². The lowest BCUT2D eigenvalue weighted by Crippen LogP contribution is -2.47. The van der Waals surface area contributed by atoms with Crippen molar-refractivity contribution in [3.8, 4) is 5.75 Å². The van der Waals surface area contributed by atoms with E-state index in [1.54, 1.807) is 6.92 Å². The number of nitrogens with zero attached hydrogens (tertiary/aromatic N) is 1. The summed E-state index contributed by atoms with van der Waals surface area (Å²) in [5.41, 5.74) is 0.699. The molecule has 0 bridgehead atoms. The Morgan fingerprint density at radius 2 is 1.81 bits per heavy atom. The molecule has 0 radical (unpaired) electrons. The second-order valence-electron chi connectivity index (χ2n) is 9.80. The summed E-state index contributed by atoms with van der Waals surface area (Å²) in [4.78, 5) is 29.8. The van der Waals surface area contributed by atoms with Crippen molar-refractivity contribution in [3.05, 3.63) is 53.9 Å². The second-order valence-corrected chi connectivity index (χ2v) is 11.8. The molecule has 9 nitrogen and oxygen atoms in total. The molecule has 37 heavy (non-hydrogen) atoms. The highest BCUT2D eigenvalue weighted by molar-refractivity contribution is 7.90. The summed E-state index contributed by atoms with van der Waals surface area (Å²) in [6.07, 6.45) is 8.02. The van der Waals surface area contributed by atoms with Gasteiger partial charge in [-0.3, -0.25) is 14.6 Å². The molecule has 3 rings (SSSR count). The van der Waals surface area contributed by atoms with Gasteiger partial charge in [0.05, 0.1) is 25.5 Å². The minimum absolute atomic E-state index is 0.00797. The Bertz CT molecular complexity index is 1170. The number of carbonyl (C=O) groups is 2. The molecule has 3 atom stereocenters. The minimum Gasteiger partial charge on any atom is -0.494 e. The molecule has 0 aliphatic heterocycles. The van der Waals surface area contributed by atoms with Gasteiger partial charge in [-0.25, -0.2) is 8.42 Å². The molecule has 1 heterocycles. The summed E-state index contributed by atoms with van der Waals surface area (Å²) < 4.78 is 29.9. The average molecular weight is 532 g/mol. The molecule has 0 unspecified atom stereocenters. The summed E-state index contributed by atoms with van der Waals surface area (Å²) in [7, 11) is -2.47. The first-order chi connectivity index (χ1) is 17.6. The Hall–Kier alpha value is -2.98. The molecular weight excluding hydrogens is 494 g/mol. The molecule has 202 valence electrons. The Kier molecular flexibility index (Phi) is 10.0. The third kappa shape index (κ3) is 8.00. The van der Waals surface area contributed by atoms with E-state index in [2.05, 4.69) is 15.6 Å². The van der Waals surface area contributed by atoms with Crippen molar-refractivity contribution in [2.24, 2.45) is 5.92 Å². The molecule has 2 aromatic rings. The Morgan fingerprint density at radius 3 is 2.43 bits per heavy atom. The number of carbonyl (C=O) groups excluding carboxylic acids is 2. The fourth-order valence-corrected chi connectivity index (χ4v) is 5.52. The van der Waals surface area contributed by atoms with E-state index in [9.17, 15) is 23.1 Å². The number of nitrogens with one attached hydrogen (secondary N) is 2. The lowest BCUT2D eigenvalue weighted by molar-refractivity contribution is -0.126. The van der Waals surface area contributed by atoms with Gasteiger partial charge in [-0.1, -0.05) is 56.5 Å². The molecule has 1 fully saturated rings. The second kappa shape index (κ2) is 13.0. The maximum Gasteiger partial charge on any atom is 0.256 e. The quantitative estimate of drug-likeness (QED) is 0.406. The molecule has 1 aromatic carbocycles. The van der Waals surface area contributed by atoms with Crippen LogP contribution >= 0.6 is 0 Å². The van der Waals surface area contributed by atoms with E-state index < -0.39 is 33.8 Å². The van der Waals surface area contributed by atoms with Crippen LogP contribution in [0.1, 0.15) is 61.4 Å². The van der Waals surface area contributed by atoms with Crippen LogP contribution in [0.4, 0.5) is 0 Å². The molecular formula is C27H37N3O6S. The SMILES string of the molecule is COc1cncc(S(C)(=O)=O)c1C(=O)N[C@@H](Cc1ccccc1)[C@@H](O)C[C@@H](C)C(=O)NC1CCCCC1. The number of hydrogen-bond acceptors (Lipinski definition) is 7. The lowest BCUT2D eigenvalue weighted by atomic mass is 9.92. The van der Waals surface area contributed by atoms with Gasteiger partial charge in [0.25, 0.3) is 5.91 Å². The third-order valence-corrected chi connectivity index (χ3v) is 7.90. The van der Waals surface area contributed by atoms with Gasteiger partial charge in [-0.15, -0.1) is 0 Å². The van der Waals surface area contributed by atoms with Crippen LogP contribution in [-0.2, 0) is 21.1 Å². The maximum absolute atomic E-state index is 13.4. The number of rotatable bonds is 11. The first kappa shape index (κ1) is 28.6. The van der Waals surface area contributed by atoms with Gasteiger partial charge in [0.1, 0.15) is 10.5 Å². The number of sulfone groups is 1. The number of methoxy groups -OCH3 is 1. The Labute approximate surface area is 218 Å². The minimum atomic E-state index is -3.79. The predicted octanol–water partition coefficient (Wildman–Crippen LogP) is 2.67. The third-order valence-electron chi connectivity index (χ3n) is 6.80. The van der Waals surface area contributed by atoms with Gasteiger partial charge < -0.3 is 20.5 Å². The molecule has 2 amide bonds. The summed E-state index contributed by atoms with van der Waals surface area (Å²) >= 11 is 0. The van der Waals surface area contributed by atoms with Crippen molar-refractivity contribution in [1.82, 2.24) is 15.6 Å². The fourth-order valence-electron chi connectivity index (χ4n) is 4.70. The smallest absolute Gasteiger partial charge is 0.256 e. The summed E-state index contributed by atoms with van der Waals surface area (Å²) in [6, 6.07) is 8.70. The van der Waals surface area contributed by atoms with Crippen LogP contribution in [0.3, 0.4) is 0 Å². The molecule has 0 saturated heterocycles. The highest BCUT2D eigenvalue weighted by atomic mass is 32.2. The fraction of sp³-hybridized carbons (Fsp3) is 0.519. The number of hydrogen-bond donors (Lipinski definition) is 3. The van der Waals surface area contributed by atoms with E-state index in [0.29, 0.717) is 0 Å². The van der Waals surface area contributed by atoms with Gasteiger partial charge >= 0.3 is 0 Å². The van der Waals surface area contributed by atoms with E-state index in [1.165, 1.54) is 19.7 Å². The van der Waals surface area contributed by atoms with E-state index in [-0.39, 0.29) is 41.0 Å². The standard InChI is InChI=1S/C27H37N3O6S/c1-18(26(32)29-20-12-8-5-9-13-20)14-22(31)21(15-19-10-6-4-7-11-19)30-27(33)25-23(36-2)16-28-17-24(25)37(3,34)35/h4,6-7,10-11,16-18,20-22,31H,5,8-9,12-15H2,1-3H3,(H,29,32)(H,30,33)/t18-,21+,22+/m1/s1. The van der Waals surface area contributed by atoms with Crippen molar-refractivity contribution < 1.29 is 27.9 Å². The zero-order chi connectivity index (χ0) is 27.0. The van der Waals surface area contributed by atoms with Crippen LogP contribution in [0.25, 0.3) is 0 Å². The normalized spacial score (nSPS) is 16.9. The van der Waals surface area contributed by atoms with Crippen LogP contribution < -0.4 is 15.4 Å². The number of pyridine rings is 1. The molecule has 10 heteroatoms. The number of aliphatic hydroxyl groups is 1. The van der Waals surface area contributed by atoms with E-state index in [0.717, 1.165) is 43.7 Å². The predicted molar refractivity (Wildman–Crippen MR) is 140 cm³/mol. The zero-order valence-electron chi connectivity index (χ0n) is 21.6. The molecule has 1 aliphatic rings. The maximum atomic E-state index is 13.4. The van der Waals surface area contributed by atoms with Gasteiger partial charge in [0.15, 0.2) is 15.6 Å². The van der Waals surface area contributed by atoms with E-state index >= 15 is 0 Å². The van der Waals surface area contributed by atoms with Crippen LogP contribution in [0.2, 0.25) is 0 Å². The highest BCUT2D eigenvalue weighted by Gasteiger charge is 2.30. The Morgan fingerprint density at radius 1 is 1.14 bits per heavy atom. The zero-order valence-corrected chi connectivity index (χ0v) is 22.5. The monoisotopic (exact) mass is 531 g/mol. The highest BCUT2D eigenvalue weighted by Crippen LogP contribution is 2.25. The molecule has 3 N–H and O–H groups in total. The van der Waals surface area contributed by atoms with Crippen molar-refractivity contribution in [1.29, 1.82) is 0 Å². The first-order valence-electron chi connectivity index (χ1n) is 12.7. The molecule has 1 aliphatic carbocycles. The first-order valence-corrected chi connectivity index (χ1v) is 14.5. The average Bonchev–Trinajstić information content (AvgIpc) is 2.88. The number of amides is 2. The van der Waals surface area contributed by atoms with Crippen molar-refractivity contribution >= 4 is 21.7 Å². The number of benzene rings is 1. The van der Waals surface area contributed by atoms with Crippen LogP contribution in [0, 0.1) is 5.92 Å². The van der Waals surface area contributed by atoms with Crippen LogP contribution in [-0.4, -0.2) is 61.9 Å². The number of ether oxygens (including phenoxy) is 1. The molecule has 1 aromatic heterocycles. The lowest BCUT2D eigenvalue weighted by Gasteiger charge is -2.28. The Balaban J connectivity index is 1.81. The van der Waals surface area contributed by atoms with Crippen molar-refractivity contribution in [2.75, 3.05) is 13.4 Å². The number of aliphatic hydroxyl groups excluding tert-OH is 1. The largest absolute Gasteiger partial charge is 0.494 e. The van der Waals surface area contributed by atoms with Crippen LogP contribution in [0.5, 0.6) is 5.75 Å². The van der Waals surface area contributed by atoms with Gasteiger partial charge in [0.2, 0.25) is 5.91 Å². The molecule has 1 saturated carbocycles. The number of aromatic nitrogens is 1. The topological polar surface area (TPSA) is 135 Å². The van der Waals surface area contributed by atoms with Crippen molar-refractivity contribution in [3.63, 3.8) is 0 Å². The summed E-state index contributed by atoms with van der Waals surface area (Å²) in [5, 5.41) is 17.1. The van der Waals surface area contributed by atoms with Crippen LogP contribution in [0.15, 0.2) is 47.6 Å². The summed E-state index contributed by atoms with van der Waals surface area (Å²) in [5.74, 6) is -1.30. The molecule has 0 spiro atoms. The van der Waals surface area contributed by atoms with Gasteiger partial charge in [-0.2, -0.15) is 0 Å². The van der Waals surface area contributed by atoms with Gasteiger partial charge in [-0.05, 0) is 31.2 Å². The van der Waals surface area contributed by atoms with E-state index in [1.807, 2.05) is 30.3 Å².